The Morgan fingerprint density at radius 1 is 1.18 bits per heavy atom. The Morgan fingerprint density at radius 3 is 2.29 bits per heavy atom. The van der Waals surface area contributed by atoms with E-state index in [1.807, 2.05) is 36.4 Å². The summed E-state index contributed by atoms with van der Waals surface area (Å²) in [7, 11) is -3.62. The molecule has 0 aromatic heterocycles. The van der Waals surface area contributed by atoms with E-state index >= 15 is 0 Å². The van der Waals surface area contributed by atoms with Crippen molar-refractivity contribution in [1.29, 1.82) is 5.26 Å². The van der Waals surface area contributed by atoms with Gasteiger partial charge in [-0.1, -0.05) is 30.3 Å². The summed E-state index contributed by atoms with van der Waals surface area (Å²) in [5.41, 5.74) is -0.705. The fourth-order valence-corrected chi connectivity index (χ4v) is 4.98. The predicted octanol–water partition coefficient (Wildman–Crippen LogP) is 3.87. The highest BCUT2D eigenvalue weighted by Gasteiger charge is 2.49. The van der Waals surface area contributed by atoms with Crippen molar-refractivity contribution in [3.05, 3.63) is 35.9 Å². The first-order valence-electron chi connectivity index (χ1n) is 9.22. The third-order valence-corrected chi connectivity index (χ3v) is 6.88. The van der Waals surface area contributed by atoms with Crippen LogP contribution in [0.2, 0.25) is 0 Å². The van der Waals surface area contributed by atoms with E-state index < -0.39 is 25.0 Å². The van der Waals surface area contributed by atoms with E-state index in [1.54, 1.807) is 20.8 Å². The Labute approximate surface area is 166 Å². The maximum atomic E-state index is 13.5. The van der Waals surface area contributed by atoms with Gasteiger partial charge in [0.25, 0.3) is 7.37 Å². The molecule has 2 unspecified atom stereocenters. The minimum Gasteiger partial charge on any atom is -0.445 e. The fraction of sp³-hybridized carbons (Fsp3) is 0.579. The van der Waals surface area contributed by atoms with Crippen LogP contribution in [0.3, 0.4) is 0 Å². The van der Waals surface area contributed by atoms with Gasteiger partial charge in [0.2, 0.25) is 5.53 Å². The SMILES string of the molecule is CCOC(C)(OCC)P(=O)(CC(C#N)NC(=O)OCc1ccccc1)OCC. The molecule has 0 fully saturated rings. The molecule has 0 saturated heterocycles. The Balaban J connectivity index is 2.83. The first kappa shape index (κ1) is 24.1. The summed E-state index contributed by atoms with van der Waals surface area (Å²) in [5.74, 6) is 0. The van der Waals surface area contributed by atoms with Crippen molar-refractivity contribution >= 4 is 13.5 Å². The highest BCUT2D eigenvalue weighted by atomic mass is 31.2. The van der Waals surface area contributed by atoms with Crippen LogP contribution >= 0.6 is 7.37 Å². The lowest BCUT2D eigenvalue weighted by atomic mass is 10.2. The number of rotatable bonds is 12. The number of hydrogen-bond acceptors (Lipinski definition) is 7. The molecular weight excluding hydrogens is 383 g/mol. The van der Waals surface area contributed by atoms with Crippen LogP contribution in [0, 0.1) is 11.3 Å². The van der Waals surface area contributed by atoms with E-state index in [4.69, 9.17) is 18.7 Å². The zero-order valence-electron chi connectivity index (χ0n) is 16.8. The maximum Gasteiger partial charge on any atom is 0.408 e. The van der Waals surface area contributed by atoms with Crippen LogP contribution in [0.15, 0.2) is 30.3 Å². The van der Waals surface area contributed by atoms with Crippen molar-refractivity contribution in [3.63, 3.8) is 0 Å². The summed E-state index contributed by atoms with van der Waals surface area (Å²) in [6, 6.07) is 9.97. The fourth-order valence-electron chi connectivity index (χ4n) is 2.58. The standard InChI is InChI=1S/C19H29N2O6P/c1-5-25-19(4,26-6-2)28(23,27-7-3)15-17(13-20)21-18(22)24-14-16-11-9-8-10-12-16/h8-12,17H,5-7,14-15H2,1-4H3,(H,21,22). The number of nitriles is 1. The van der Waals surface area contributed by atoms with Crippen LogP contribution in [0.1, 0.15) is 33.3 Å². The van der Waals surface area contributed by atoms with E-state index in [1.165, 1.54) is 6.92 Å². The highest BCUT2D eigenvalue weighted by molar-refractivity contribution is 7.60. The van der Waals surface area contributed by atoms with Crippen molar-refractivity contribution in [2.75, 3.05) is 26.0 Å². The number of amides is 1. The third-order valence-electron chi connectivity index (χ3n) is 3.86. The van der Waals surface area contributed by atoms with Gasteiger partial charge in [-0.05, 0) is 33.3 Å². The molecule has 0 saturated carbocycles. The molecule has 0 radical (unpaired) electrons. The van der Waals surface area contributed by atoms with Crippen molar-refractivity contribution < 1.29 is 28.1 Å². The molecule has 1 aromatic carbocycles. The number of carbonyl (C=O) groups excluding carboxylic acids is 1. The smallest absolute Gasteiger partial charge is 0.408 e. The van der Waals surface area contributed by atoms with E-state index in [9.17, 15) is 14.6 Å². The first-order chi connectivity index (χ1) is 13.3. The molecule has 0 aliphatic heterocycles. The lowest BCUT2D eigenvalue weighted by Crippen LogP contribution is -2.41. The summed E-state index contributed by atoms with van der Waals surface area (Å²) in [4.78, 5) is 12.1. The Bertz CT molecular complexity index is 685. The molecule has 0 spiro atoms. The number of nitrogens with one attached hydrogen (secondary N) is 1. The number of alkyl carbamates (subject to hydrolysis) is 1. The van der Waals surface area contributed by atoms with Crippen LogP contribution in [-0.2, 0) is 29.9 Å². The van der Waals surface area contributed by atoms with Gasteiger partial charge in [-0.2, -0.15) is 5.26 Å². The van der Waals surface area contributed by atoms with Gasteiger partial charge >= 0.3 is 6.09 Å². The molecule has 9 heteroatoms. The molecule has 1 N–H and O–H groups in total. The summed E-state index contributed by atoms with van der Waals surface area (Å²) in [6.45, 7) is 7.40. The zero-order valence-corrected chi connectivity index (χ0v) is 17.7. The number of ether oxygens (including phenoxy) is 3. The Hall–Kier alpha value is -1.91. The van der Waals surface area contributed by atoms with Crippen molar-refractivity contribution in [1.82, 2.24) is 5.32 Å². The van der Waals surface area contributed by atoms with Gasteiger partial charge in [-0.3, -0.25) is 4.57 Å². The summed E-state index contributed by atoms with van der Waals surface area (Å²) in [6.07, 6.45) is -1.05. The molecule has 0 bridgehead atoms. The summed E-state index contributed by atoms with van der Waals surface area (Å²) >= 11 is 0. The Kier molecular flexibility index (Phi) is 10.2. The van der Waals surface area contributed by atoms with Gasteiger partial charge in [0.05, 0.1) is 18.8 Å². The van der Waals surface area contributed by atoms with Gasteiger partial charge in [-0.25, -0.2) is 4.79 Å². The van der Waals surface area contributed by atoms with Crippen LogP contribution < -0.4 is 5.32 Å². The monoisotopic (exact) mass is 412 g/mol. The third kappa shape index (κ3) is 6.92. The molecule has 2 atom stereocenters. The minimum absolute atomic E-state index is 0.0591. The lowest BCUT2D eigenvalue weighted by Gasteiger charge is -2.36. The molecule has 0 aliphatic carbocycles. The number of nitrogens with zero attached hydrogens (tertiary/aromatic N) is 1. The van der Waals surface area contributed by atoms with Gasteiger partial charge in [0.15, 0.2) is 0 Å². The van der Waals surface area contributed by atoms with Crippen LogP contribution in [-0.4, -0.2) is 43.6 Å². The second kappa shape index (κ2) is 11.8. The van der Waals surface area contributed by atoms with Crippen LogP contribution in [0.4, 0.5) is 4.79 Å². The van der Waals surface area contributed by atoms with Gasteiger partial charge in [0.1, 0.15) is 12.6 Å². The molecular formula is C19H29N2O6P. The summed E-state index contributed by atoms with van der Waals surface area (Å²) in [5, 5.41) is 11.9. The van der Waals surface area contributed by atoms with Gasteiger partial charge in [0, 0.05) is 13.2 Å². The summed E-state index contributed by atoms with van der Waals surface area (Å²) < 4.78 is 35.3. The highest BCUT2D eigenvalue weighted by Crippen LogP contribution is 2.60. The molecule has 0 aliphatic rings. The van der Waals surface area contributed by atoms with Gasteiger partial charge < -0.3 is 24.1 Å². The van der Waals surface area contributed by atoms with Gasteiger partial charge in [-0.15, -0.1) is 0 Å². The van der Waals surface area contributed by atoms with E-state index in [2.05, 4.69) is 5.32 Å². The van der Waals surface area contributed by atoms with E-state index in [-0.39, 0.29) is 32.6 Å². The van der Waals surface area contributed by atoms with Crippen molar-refractivity contribution in [2.24, 2.45) is 0 Å². The number of hydrogen-bond donors (Lipinski definition) is 1. The van der Waals surface area contributed by atoms with Crippen molar-refractivity contribution in [3.8, 4) is 6.07 Å². The quantitative estimate of drug-likeness (QED) is 0.410. The van der Waals surface area contributed by atoms with Crippen molar-refractivity contribution in [2.45, 2.75) is 45.9 Å². The normalized spacial score (nSPS) is 14.5. The second-order valence-corrected chi connectivity index (χ2v) is 8.71. The lowest BCUT2D eigenvalue weighted by molar-refractivity contribution is -0.168. The molecule has 1 aromatic rings. The number of benzene rings is 1. The van der Waals surface area contributed by atoms with Crippen LogP contribution in [0.5, 0.6) is 0 Å². The molecule has 1 amide bonds. The first-order valence-corrected chi connectivity index (χ1v) is 11.0. The molecule has 156 valence electrons. The topological polar surface area (TPSA) is 107 Å². The predicted molar refractivity (Wildman–Crippen MR) is 105 cm³/mol. The Morgan fingerprint density at radius 2 is 1.79 bits per heavy atom. The minimum atomic E-state index is -3.62. The average molecular weight is 412 g/mol. The molecule has 8 nitrogen and oxygen atoms in total. The number of carbonyl (C=O) groups is 1. The van der Waals surface area contributed by atoms with Crippen LogP contribution in [0.25, 0.3) is 0 Å². The second-order valence-electron chi connectivity index (χ2n) is 5.93. The van der Waals surface area contributed by atoms with E-state index in [0.717, 1.165) is 5.56 Å². The van der Waals surface area contributed by atoms with E-state index in [0.29, 0.717) is 0 Å². The molecule has 1 rings (SSSR count). The largest absolute Gasteiger partial charge is 0.445 e. The molecule has 0 heterocycles. The molecule has 28 heavy (non-hydrogen) atoms. The maximum absolute atomic E-state index is 13.5. The zero-order chi connectivity index (χ0) is 21.0. The average Bonchev–Trinajstić information content (AvgIpc) is 2.67.